The largest absolute Gasteiger partial charge is 0.462 e. The zero-order valence-electron chi connectivity index (χ0n) is 30.0. The van der Waals surface area contributed by atoms with Gasteiger partial charge in [-0.05, 0) is 85.5 Å². The standard InChI is InChI=1S/C37H51N5O8/c1-21(20-38-23(3)43)7-12-34(45)22(2)35-32(40-39-31-11-9-26(41(46)47)18-33(31)42(48)49)19-30-28-10-8-25-17-27(50-24(4)44)13-15-36(25,5)29(28)14-16-37(30,35)6/h8-9,11,18,21-22,27-30,35,39H,7,10,12-17,19-20H2,1-6H3,(H,38,43). The van der Waals surface area contributed by atoms with Crippen molar-refractivity contribution in [3.05, 3.63) is 50.1 Å². The number of Topliss-reactive ketones (excluding diaryl/α,β-unsaturated/α-hetero) is 1. The fourth-order valence-electron chi connectivity index (χ4n) is 10.0. The summed E-state index contributed by atoms with van der Waals surface area (Å²) < 4.78 is 5.62. The molecule has 9 atom stereocenters. The molecular weight excluding hydrogens is 642 g/mol. The number of allylic oxidation sites excluding steroid dienone is 1. The van der Waals surface area contributed by atoms with Crippen molar-refractivity contribution >= 4 is 40.4 Å². The molecule has 0 saturated heterocycles. The van der Waals surface area contributed by atoms with Gasteiger partial charge >= 0.3 is 11.7 Å². The molecule has 9 unspecified atom stereocenters. The van der Waals surface area contributed by atoms with Gasteiger partial charge in [0.05, 0.1) is 15.9 Å². The van der Waals surface area contributed by atoms with E-state index in [-0.39, 0.29) is 69.6 Å². The molecule has 4 aliphatic rings. The second-order valence-electron chi connectivity index (χ2n) is 15.7. The lowest BCUT2D eigenvalue weighted by atomic mass is 9.47. The highest BCUT2D eigenvalue weighted by atomic mass is 16.6. The smallest absolute Gasteiger partial charge is 0.302 e. The number of rotatable bonds is 12. The van der Waals surface area contributed by atoms with Crippen molar-refractivity contribution in [3.63, 3.8) is 0 Å². The molecule has 0 aliphatic heterocycles. The van der Waals surface area contributed by atoms with Crippen LogP contribution in [0.2, 0.25) is 0 Å². The Morgan fingerprint density at radius 2 is 1.78 bits per heavy atom. The van der Waals surface area contributed by atoms with Gasteiger partial charge in [0.1, 0.15) is 17.6 Å². The number of anilines is 1. The maximum Gasteiger partial charge on any atom is 0.302 e. The number of benzene rings is 1. The molecule has 3 fully saturated rings. The molecule has 0 aromatic heterocycles. The maximum absolute atomic E-state index is 13.9. The molecule has 4 aliphatic carbocycles. The van der Waals surface area contributed by atoms with E-state index in [0.29, 0.717) is 37.6 Å². The van der Waals surface area contributed by atoms with Crippen molar-refractivity contribution in [2.45, 2.75) is 105 Å². The van der Waals surface area contributed by atoms with Gasteiger partial charge in [0.15, 0.2) is 0 Å². The molecule has 0 radical (unpaired) electrons. The molecule has 1 amide bonds. The summed E-state index contributed by atoms with van der Waals surface area (Å²) in [4.78, 5) is 58.9. The van der Waals surface area contributed by atoms with Crippen LogP contribution in [-0.2, 0) is 19.1 Å². The topological polar surface area (TPSA) is 183 Å². The monoisotopic (exact) mass is 693 g/mol. The summed E-state index contributed by atoms with van der Waals surface area (Å²) >= 11 is 0. The molecule has 1 aromatic rings. The summed E-state index contributed by atoms with van der Waals surface area (Å²) in [6, 6.07) is 3.45. The number of carbonyl (C=O) groups excluding carboxylic acids is 3. The number of nitrogens with zero attached hydrogens (tertiary/aromatic N) is 3. The lowest BCUT2D eigenvalue weighted by Gasteiger charge is -2.58. The molecule has 1 aromatic carbocycles. The number of ketones is 1. The number of nitro groups is 2. The Balaban J connectivity index is 1.45. The number of fused-ring (bicyclic) bond motifs is 5. The summed E-state index contributed by atoms with van der Waals surface area (Å²) in [6.45, 7) is 12.1. The predicted molar refractivity (Wildman–Crippen MR) is 188 cm³/mol. The van der Waals surface area contributed by atoms with Crippen molar-refractivity contribution in [1.29, 1.82) is 0 Å². The first-order chi connectivity index (χ1) is 23.5. The zero-order valence-corrected chi connectivity index (χ0v) is 30.0. The Bertz CT molecular complexity index is 1610. The zero-order chi connectivity index (χ0) is 36.5. The third kappa shape index (κ3) is 7.32. The lowest BCUT2D eigenvalue weighted by Crippen LogP contribution is -2.51. The minimum Gasteiger partial charge on any atom is -0.462 e. The summed E-state index contributed by atoms with van der Waals surface area (Å²) in [5, 5.41) is 30.9. The van der Waals surface area contributed by atoms with Crippen molar-refractivity contribution in [3.8, 4) is 0 Å². The van der Waals surface area contributed by atoms with E-state index in [4.69, 9.17) is 9.84 Å². The molecule has 272 valence electrons. The Morgan fingerprint density at radius 1 is 1.04 bits per heavy atom. The summed E-state index contributed by atoms with van der Waals surface area (Å²) in [5.41, 5.74) is 4.07. The highest BCUT2D eigenvalue weighted by Gasteiger charge is 2.62. The molecule has 0 heterocycles. The number of non-ortho nitro benzene ring substituents is 1. The second kappa shape index (κ2) is 14.6. The van der Waals surface area contributed by atoms with Gasteiger partial charge in [0, 0.05) is 56.8 Å². The quantitative estimate of drug-likeness (QED) is 0.0993. The number of hydrogen-bond donors (Lipinski definition) is 2. The number of amides is 1. The first-order valence-electron chi connectivity index (χ1n) is 17.9. The maximum atomic E-state index is 13.9. The van der Waals surface area contributed by atoms with E-state index in [1.54, 1.807) is 0 Å². The molecule has 13 heteroatoms. The van der Waals surface area contributed by atoms with Crippen molar-refractivity contribution in [1.82, 2.24) is 5.32 Å². The first kappa shape index (κ1) is 37.1. The van der Waals surface area contributed by atoms with Crippen LogP contribution in [0.1, 0.15) is 99.3 Å². The van der Waals surface area contributed by atoms with E-state index in [1.807, 2.05) is 13.8 Å². The van der Waals surface area contributed by atoms with Crippen molar-refractivity contribution in [2.75, 3.05) is 12.0 Å². The number of hydrogen-bond acceptors (Lipinski definition) is 10. The predicted octanol–water partition coefficient (Wildman–Crippen LogP) is 7.15. The first-order valence-corrected chi connectivity index (χ1v) is 17.9. The van der Waals surface area contributed by atoms with Crippen LogP contribution in [0.15, 0.2) is 34.9 Å². The Kier molecular flexibility index (Phi) is 10.8. The van der Waals surface area contributed by atoms with Crippen LogP contribution in [0.5, 0.6) is 0 Å². The van der Waals surface area contributed by atoms with Gasteiger partial charge in [0.2, 0.25) is 5.91 Å². The molecule has 5 rings (SSSR count). The van der Waals surface area contributed by atoms with E-state index in [0.717, 1.165) is 50.3 Å². The van der Waals surface area contributed by atoms with Crippen LogP contribution >= 0.6 is 0 Å². The number of hydrazone groups is 1. The van der Waals surface area contributed by atoms with Gasteiger partial charge in [-0.1, -0.05) is 39.3 Å². The summed E-state index contributed by atoms with van der Waals surface area (Å²) in [6.07, 6.45) is 9.28. The van der Waals surface area contributed by atoms with Crippen LogP contribution in [0, 0.1) is 66.6 Å². The van der Waals surface area contributed by atoms with E-state index < -0.39 is 15.5 Å². The van der Waals surface area contributed by atoms with Gasteiger partial charge in [-0.15, -0.1) is 0 Å². The number of esters is 1. The van der Waals surface area contributed by atoms with Crippen LogP contribution in [0.4, 0.5) is 17.1 Å². The molecule has 3 saturated carbocycles. The molecular formula is C37H51N5O8. The SMILES string of the molecule is CC(=O)NCC(C)CCC(=O)C(C)C1C(=NNc2ccc([N+](=O)[O-])cc2[N+](=O)[O-])CC2C3CC=C4CC(OC(C)=O)CCC4(C)C3CCC21C. The van der Waals surface area contributed by atoms with Crippen LogP contribution in [-0.4, -0.2) is 45.9 Å². The van der Waals surface area contributed by atoms with Gasteiger partial charge in [-0.3, -0.25) is 40.0 Å². The fourth-order valence-corrected chi connectivity index (χ4v) is 10.0. The van der Waals surface area contributed by atoms with Crippen LogP contribution in [0.3, 0.4) is 0 Å². The third-order valence-electron chi connectivity index (χ3n) is 12.6. The van der Waals surface area contributed by atoms with E-state index in [9.17, 15) is 34.6 Å². The summed E-state index contributed by atoms with van der Waals surface area (Å²) in [5.74, 6) is 0.381. The fraction of sp³-hybridized carbons (Fsp3) is 0.676. The van der Waals surface area contributed by atoms with Crippen LogP contribution < -0.4 is 10.7 Å². The number of nitrogens with one attached hydrogen (secondary N) is 2. The van der Waals surface area contributed by atoms with Gasteiger partial charge in [-0.2, -0.15) is 5.10 Å². The Morgan fingerprint density at radius 3 is 2.44 bits per heavy atom. The molecule has 0 bridgehead atoms. The van der Waals surface area contributed by atoms with Gasteiger partial charge < -0.3 is 10.1 Å². The van der Waals surface area contributed by atoms with E-state index >= 15 is 0 Å². The van der Waals surface area contributed by atoms with E-state index in [2.05, 4.69) is 30.7 Å². The molecule has 13 nitrogen and oxygen atoms in total. The molecule has 0 spiro atoms. The molecule has 2 N–H and O–H groups in total. The lowest BCUT2D eigenvalue weighted by molar-refractivity contribution is -0.393. The Labute approximate surface area is 293 Å². The average molecular weight is 694 g/mol. The highest BCUT2D eigenvalue weighted by Crippen LogP contribution is 2.66. The Hall–Kier alpha value is -4.16. The molecule has 50 heavy (non-hydrogen) atoms. The second-order valence-corrected chi connectivity index (χ2v) is 15.7. The average Bonchev–Trinajstić information content (AvgIpc) is 3.36. The highest BCUT2D eigenvalue weighted by molar-refractivity contribution is 5.96. The number of carbonyl (C=O) groups is 3. The summed E-state index contributed by atoms with van der Waals surface area (Å²) in [7, 11) is 0. The van der Waals surface area contributed by atoms with Gasteiger partial charge in [0.25, 0.3) is 5.69 Å². The van der Waals surface area contributed by atoms with Crippen LogP contribution in [0.25, 0.3) is 0 Å². The number of nitro benzene ring substituents is 2. The minimum absolute atomic E-state index is 0.000607. The minimum atomic E-state index is -0.671. The normalized spacial score (nSPS) is 32.0. The number of ether oxygens (including phenoxy) is 1. The van der Waals surface area contributed by atoms with E-state index in [1.165, 1.54) is 31.6 Å². The third-order valence-corrected chi connectivity index (χ3v) is 12.6. The van der Waals surface area contributed by atoms with Gasteiger partial charge in [-0.25, -0.2) is 0 Å². The van der Waals surface area contributed by atoms with Crippen molar-refractivity contribution < 1.29 is 29.0 Å². The van der Waals surface area contributed by atoms with Crippen molar-refractivity contribution in [2.24, 2.45) is 51.4 Å².